The highest BCUT2D eigenvalue weighted by Crippen LogP contribution is 2.38. The van der Waals surface area contributed by atoms with Gasteiger partial charge in [-0.2, -0.15) is 0 Å². The number of benzene rings is 1. The summed E-state index contributed by atoms with van der Waals surface area (Å²) >= 11 is 0. The van der Waals surface area contributed by atoms with Gasteiger partial charge in [-0.1, -0.05) is 0 Å². The van der Waals surface area contributed by atoms with E-state index in [-0.39, 0.29) is 11.6 Å². The normalized spacial score (nSPS) is 10.8. The second kappa shape index (κ2) is 7.77. The summed E-state index contributed by atoms with van der Waals surface area (Å²) in [5.41, 5.74) is 0.738. The number of amides is 2. The van der Waals surface area contributed by atoms with Crippen molar-refractivity contribution in [3.8, 4) is 17.2 Å². The van der Waals surface area contributed by atoms with Crippen molar-refractivity contribution in [3.05, 3.63) is 17.7 Å². The van der Waals surface area contributed by atoms with Crippen LogP contribution >= 0.6 is 0 Å². The summed E-state index contributed by atoms with van der Waals surface area (Å²) < 4.78 is 15.9. The monoisotopic (exact) mass is 310 g/mol. The lowest BCUT2D eigenvalue weighted by atomic mass is 10.1. The second-order valence-corrected chi connectivity index (χ2v) is 5.91. The molecule has 0 saturated heterocycles. The third kappa shape index (κ3) is 5.35. The van der Waals surface area contributed by atoms with Crippen LogP contribution in [0.4, 0.5) is 4.79 Å². The van der Waals surface area contributed by atoms with E-state index < -0.39 is 0 Å². The van der Waals surface area contributed by atoms with Gasteiger partial charge in [0, 0.05) is 12.1 Å². The highest BCUT2D eigenvalue weighted by molar-refractivity contribution is 5.74. The Bertz CT molecular complexity index is 484. The van der Waals surface area contributed by atoms with E-state index in [0.717, 1.165) is 5.56 Å². The first-order valence-corrected chi connectivity index (χ1v) is 7.15. The largest absolute Gasteiger partial charge is 0.493 e. The van der Waals surface area contributed by atoms with Crippen molar-refractivity contribution in [1.29, 1.82) is 0 Å². The molecule has 0 radical (unpaired) electrons. The van der Waals surface area contributed by atoms with Crippen LogP contribution in [-0.2, 0) is 6.42 Å². The van der Waals surface area contributed by atoms with Gasteiger partial charge >= 0.3 is 6.03 Å². The van der Waals surface area contributed by atoms with Crippen LogP contribution in [0, 0.1) is 0 Å². The van der Waals surface area contributed by atoms with Crippen LogP contribution in [0.15, 0.2) is 12.1 Å². The highest BCUT2D eigenvalue weighted by Gasteiger charge is 2.14. The van der Waals surface area contributed by atoms with Crippen LogP contribution in [-0.4, -0.2) is 39.4 Å². The molecule has 6 heteroatoms. The summed E-state index contributed by atoms with van der Waals surface area (Å²) in [5, 5.41) is 5.68. The molecule has 0 saturated carbocycles. The number of carbonyl (C=O) groups excluding carboxylic acids is 1. The molecule has 0 spiro atoms. The minimum absolute atomic E-state index is 0.181. The van der Waals surface area contributed by atoms with E-state index in [9.17, 15) is 4.79 Å². The molecule has 0 unspecified atom stereocenters. The van der Waals surface area contributed by atoms with E-state index in [2.05, 4.69) is 10.6 Å². The third-order valence-corrected chi connectivity index (χ3v) is 2.91. The van der Waals surface area contributed by atoms with Crippen LogP contribution in [0.5, 0.6) is 17.2 Å². The Hall–Kier alpha value is -2.11. The first-order chi connectivity index (χ1) is 10.3. The van der Waals surface area contributed by atoms with Gasteiger partial charge in [0.25, 0.3) is 0 Å². The van der Waals surface area contributed by atoms with Crippen LogP contribution in [0.2, 0.25) is 0 Å². The molecule has 22 heavy (non-hydrogen) atoms. The van der Waals surface area contributed by atoms with E-state index in [0.29, 0.717) is 30.2 Å². The molecule has 2 N–H and O–H groups in total. The zero-order valence-corrected chi connectivity index (χ0v) is 14.2. The Kier molecular flexibility index (Phi) is 6.34. The molecule has 0 aliphatic carbocycles. The minimum atomic E-state index is -0.253. The maximum atomic E-state index is 11.7. The molecule has 2 amide bonds. The number of methoxy groups -OCH3 is 3. The van der Waals surface area contributed by atoms with Gasteiger partial charge in [0.05, 0.1) is 21.3 Å². The van der Waals surface area contributed by atoms with E-state index in [1.165, 1.54) is 0 Å². The Balaban J connectivity index is 2.68. The standard InChI is InChI=1S/C16H26N2O4/c1-16(2,3)18-15(19)17-8-7-11-9-12(20-4)14(22-6)13(10-11)21-5/h9-10H,7-8H2,1-6H3,(H2,17,18,19). The van der Waals surface area contributed by atoms with Crippen molar-refractivity contribution < 1.29 is 19.0 Å². The molecule has 0 aliphatic heterocycles. The van der Waals surface area contributed by atoms with Gasteiger partial charge in [0.2, 0.25) is 5.75 Å². The van der Waals surface area contributed by atoms with Gasteiger partial charge in [0.15, 0.2) is 11.5 Å². The van der Waals surface area contributed by atoms with Gasteiger partial charge in [-0.15, -0.1) is 0 Å². The van der Waals surface area contributed by atoms with Crippen molar-refractivity contribution >= 4 is 6.03 Å². The van der Waals surface area contributed by atoms with Crippen molar-refractivity contribution in [2.75, 3.05) is 27.9 Å². The van der Waals surface area contributed by atoms with Crippen molar-refractivity contribution in [3.63, 3.8) is 0 Å². The molecule has 0 bridgehead atoms. The molecule has 0 fully saturated rings. The first kappa shape index (κ1) is 17.9. The van der Waals surface area contributed by atoms with E-state index >= 15 is 0 Å². The number of carbonyl (C=O) groups is 1. The van der Waals surface area contributed by atoms with Gasteiger partial charge in [-0.05, 0) is 44.9 Å². The smallest absolute Gasteiger partial charge is 0.315 e. The maximum Gasteiger partial charge on any atom is 0.315 e. The lowest BCUT2D eigenvalue weighted by molar-refractivity contribution is 0.232. The predicted molar refractivity (Wildman–Crippen MR) is 86.1 cm³/mol. The Morgan fingerprint density at radius 2 is 1.59 bits per heavy atom. The van der Waals surface area contributed by atoms with Gasteiger partial charge in [-0.3, -0.25) is 0 Å². The number of hydrogen-bond acceptors (Lipinski definition) is 4. The summed E-state index contributed by atoms with van der Waals surface area (Å²) in [7, 11) is 4.73. The topological polar surface area (TPSA) is 68.8 Å². The number of hydrogen-bond donors (Lipinski definition) is 2. The molecule has 1 rings (SSSR count). The molecule has 0 aliphatic rings. The summed E-state index contributed by atoms with van der Waals surface area (Å²) in [6.45, 7) is 6.32. The zero-order chi connectivity index (χ0) is 16.8. The SMILES string of the molecule is COc1cc(CCNC(=O)NC(C)(C)C)cc(OC)c1OC. The fourth-order valence-corrected chi connectivity index (χ4v) is 1.98. The molecule has 1 aromatic carbocycles. The highest BCUT2D eigenvalue weighted by atomic mass is 16.5. The molecule has 1 aromatic rings. The van der Waals surface area contributed by atoms with E-state index in [1.807, 2.05) is 32.9 Å². The summed E-state index contributed by atoms with van der Waals surface area (Å²) in [6.07, 6.45) is 0.661. The maximum absolute atomic E-state index is 11.7. The minimum Gasteiger partial charge on any atom is -0.493 e. The van der Waals surface area contributed by atoms with Gasteiger partial charge in [-0.25, -0.2) is 4.79 Å². The fourth-order valence-electron chi connectivity index (χ4n) is 1.98. The average molecular weight is 310 g/mol. The van der Waals surface area contributed by atoms with Crippen LogP contribution in [0.25, 0.3) is 0 Å². The number of nitrogens with one attached hydrogen (secondary N) is 2. The quantitative estimate of drug-likeness (QED) is 0.846. The van der Waals surface area contributed by atoms with Crippen molar-refractivity contribution in [1.82, 2.24) is 10.6 Å². The van der Waals surface area contributed by atoms with Gasteiger partial charge in [0.1, 0.15) is 0 Å². The predicted octanol–water partition coefficient (Wildman–Crippen LogP) is 2.35. The Morgan fingerprint density at radius 1 is 1.05 bits per heavy atom. The molecular formula is C16H26N2O4. The lowest BCUT2D eigenvalue weighted by Gasteiger charge is -2.20. The van der Waals surface area contributed by atoms with Crippen molar-refractivity contribution in [2.45, 2.75) is 32.7 Å². The van der Waals surface area contributed by atoms with Crippen LogP contribution in [0.3, 0.4) is 0 Å². The van der Waals surface area contributed by atoms with Crippen molar-refractivity contribution in [2.24, 2.45) is 0 Å². The number of rotatable bonds is 6. The van der Waals surface area contributed by atoms with Crippen LogP contribution in [0.1, 0.15) is 26.3 Å². The number of urea groups is 1. The molecule has 6 nitrogen and oxygen atoms in total. The summed E-state index contributed by atoms with van der Waals surface area (Å²) in [6, 6.07) is 3.58. The Morgan fingerprint density at radius 3 is 2.00 bits per heavy atom. The molecule has 0 atom stereocenters. The molecule has 124 valence electrons. The second-order valence-electron chi connectivity index (χ2n) is 5.91. The number of ether oxygens (including phenoxy) is 3. The first-order valence-electron chi connectivity index (χ1n) is 7.15. The zero-order valence-electron chi connectivity index (χ0n) is 14.2. The summed E-state index contributed by atoms with van der Waals surface area (Å²) in [5.74, 6) is 1.78. The van der Waals surface area contributed by atoms with Gasteiger partial charge < -0.3 is 24.8 Å². The average Bonchev–Trinajstić information content (AvgIpc) is 2.44. The van der Waals surface area contributed by atoms with E-state index in [1.54, 1.807) is 21.3 Å². The molecule has 0 aromatic heterocycles. The molecular weight excluding hydrogens is 284 g/mol. The van der Waals surface area contributed by atoms with E-state index in [4.69, 9.17) is 14.2 Å². The Labute approximate surface area is 132 Å². The summed E-state index contributed by atoms with van der Waals surface area (Å²) in [4.78, 5) is 11.7. The lowest BCUT2D eigenvalue weighted by Crippen LogP contribution is -2.46. The van der Waals surface area contributed by atoms with Crippen LogP contribution < -0.4 is 24.8 Å². The fraction of sp³-hybridized carbons (Fsp3) is 0.562. The third-order valence-electron chi connectivity index (χ3n) is 2.91. The molecule has 0 heterocycles.